The summed E-state index contributed by atoms with van der Waals surface area (Å²) in [7, 11) is 0. The van der Waals surface area contributed by atoms with Crippen LogP contribution in [-0.2, 0) is 27.0 Å². The number of halogens is 12. The highest BCUT2D eigenvalue weighted by Gasteiger charge is 2.44. The Bertz CT molecular complexity index is 3170. The molecule has 7 rings (SSSR count). The van der Waals surface area contributed by atoms with E-state index >= 15 is 0 Å². The molecule has 0 N–H and O–H groups in total. The van der Waals surface area contributed by atoms with Crippen LogP contribution in [0.1, 0.15) is 60.9 Å². The van der Waals surface area contributed by atoms with E-state index in [0.717, 1.165) is 36.8 Å². The minimum absolute atomic E-state index is 0.0122. The lowest BCUT2D eigenvalue weighted by Gasteiger charge is -2.24. The van der Waals surface area contributed by atoms with Crippen LogP contribution in [0.5, 0.6) is 0 Å². The molecule has 0 saturated carbocycles. The highest BCUT2D eigenvalue weighted by Crippen LogP contribution is 2.39. The molecule has 1 aliphatic rings. The van der Waals surface area contributed by atoms with Gasteiger partial charge in [0.25, 0.3) is 17.3 Å². The van der Waals surface area contributed by atoms with Crippen molar-refractivity contribution in [2.75, 3.05) is 34.3 Å². The zero-order valence-corrected chi connectivity index (χ0v) is 40.6. The van der Waals surface area contributed by atoms with Gasteiger partial charge in [0.05, 0.1) is 22.3 Å². The Morgan fingerprint density at radius 1 is 0.487 bits per heavy atom. The Labute approximate surface area is 429 Å². The number of carbonyl (C=O) groups is 3. The molecule has 0 radical (unpaired) electrons. The van der Waals surface area contributed by atoms with Gasteiger partial charge in [-0.2, -0.15) is 52.7 Å². The maximum Gasteiger partial charge on any atom is 0.454 e. The summed E-state index contributed by atoms with van der Waals surface area (Å²) in [6.07, 6.45) is -15.8. The topological polar surface area (TPSA) is 60.9 Å². The number of anilines is 3. The SMILES string of the molecule is CCCCN(/C=C(/C(=O)C(F)(F)F)c1ccc(-c2cccc(N(/C=C(/C(=O)C(F)(F)F)c3ccccc3)CCC)c2)cc1)c1cccc(-c2cccc(/C(=C/N3CCc4cc(C(F)(F)F)ccc43)C(=O)C(F)(F)F)c2)c1. The van der Waals surface area contributed by atoms with Crippen LogP contribution in [0.2, 0.25) is 0 Å². The Morgan fingerprint density at radius 3 is 1.50 bits per heavy atom. The molecule has 0 atom stereocenters. The van der Waals surface area contributed by atoms with Gasteiger partial charge in [-0.3, -0.25) is 14.4 Å². The molecule has 18 heteroatoms. The van der Waals surface area contributed by atoms with Gasteiger partial charge in [0, 0.05) is 55.3 Å². The van der Waals surface area contributed by atoms with E-state index in [1.807, 2.05) is 6.92 Å². The van der Waals surface area contributed by atoms with E-state index in [9.17, 15) is 67.1 Å². The Kier molecular flexibility index (Phi) is 16.8. The van der Waals surface area contributed by atoms with Gasteiger partial charge in [-0.1, -0.05) is 117 Å². The number of rotatable bonds is 18. The summed E-state index contributed by atoms with van der Waals surface area (Å²) in [5.74, 6) is -6.40. The van der Waals surface area contributed by atoms with Gasteiger partial charge in [0.15, 0.2) is 0 Å². The van der Waals surface area contributed by atoms with Crippen molar-refractivity contribution in [1.82, 2.24) is 0 Å². The first-order valence-corrected chi connectivity index (χ1v) is 23.8. The molecule has 0 amide bonds. The van der Waals surface area contributed by atoms with Crippen LogP contribution < -0.4 is 14.7 Å². The molecule has 6 aromatic rings. The smallest absolute Gasteiger partial charge is 0.347 e. The van der Waals surface area contributed by atoms with E-state index in [1.54, 1.807) is 67.6 Å². The third-order valence-corrected chi connectivity index (χ3v) is 12.4. The summed E-state index contributed by atoms with van der Waals surface area (Å²) in [5, 5.41) is 0. The van der Waals surface area contributed by atoms with Crippen molar-refractivity contribution in [2.24, 2.45) is 0 Å². The lowest BCUT2D eigenvalue weighted by molar-refractivity contribution is -0.164. The van der Waals surface area contributed by atoms with Crippen molar-refractivity contribution in [3.63, 3.8) is 0 Å². The van der Waals surface area contributed by atoms with Crippen LogP contribution in [0.25, 0.3) is 39.0 Å². The summed E-state index contributed by atoms with van der Waals surface area (Å²) in [6, 6.07) is 34.2. The Balaban J connectivity index is 1.23. The van der Waals surface area contributed by atoms with E-state index in [-0.39, 0.29) is 54.0 Å². The predicted octanol–water partition coefficient (Wildman–Crippen LogP) is 15.7. The van der Waals surface area contributed by atoms with Crippen LogP contribution >= 0.6 is 0 Å². The second-order valence-electron chi connectivity index (χ2n) is 17.8. The predicted molar refractivity (Wildman–Crippen MR) is 270 cm³/mol. The van der Waals surface area contributed by atoms with Crippen LogP contribution in [0.15, 0.2) is 164 Å². The third kappa shape index (κ3) is 13.3. The molecule has 396 valence electrons. The summed E-state index contributed by atoms with van der Waals surface area (Å²) < 4.78 is 168. The minimum atomic E-state index is -5.34. The maximum atomic E-state index is 14.5. The molecule has 0 aromatic heterocycles. The molecule has 6 aromatic carbocycles. The van der Waals surface area contributed by atoms with Gasteiger partial charge >= 0.3 is 24.7 Å². The van der Waals surface area contributed by atoms with E-state index in [4.69, 9.17) is 0 Å². The number of ketones is 3. The molecule has 1 aliphatic heterocycles. The number of unbranched alkanes of at least 4 members (excludes halogenated alkanes) is 1. The number of hydrogen-bond donors (Lipinski definition) is 0. The number of allylic oxidation sites excluding steroid dienone is 3. The standard InChI is InChI=1S/C58H47F12N3O3/c1-3-5-28-72(47-19-11-16-42(33-47)40-14-9-17-43(30-40)50(54(76)58(68,69)70)36-73-29-26-44-31-45(55(59,60)61)24-25-51(44)73)35-49(53(75)57(65,66)67)39-22-20-37(21-23-39)41-15-10-18-46(32-41)71(27-4-2)34-48(52(74)56(62,63)64)38-12-7-6-8-13-38/h6-25,30-36H,3-5,26-29H2,1-2H3/b48-34+,49-35+,50-36-. The fraction of sp³-hybridized carbons (Fsp3) is 0.224. The largest absolute Gasteiger partial charge is 0.454 e. The van der Waals surface area contributed by atoms with E-state index < -0.39 is 64.3 Å². The summed E-state index contributed by atoms with van der Waals surface area (Å²) in [4.78, 5) is 43.3. The van der Waals surface area contributed by atoms with Crippen LogP contribution in [0.3, 0.4) is 0 Å². The average molecular weight is 1060 g/mol. The number of carbonyl (C=O) groups excluding carboxylic acids is 3. The van der Waals surface area contributed by atoms with Gasteiger partial charge in [-0.05, 0) is 112 Å². The number of fused-ring (bicyclic) bond motifs is 1. The van der Waals surface area contributed by atoms with Crippen molar-refractivity contribution in [1.29, 1.82) is 0 Å². The fourth-order valence-electron chi connectivity index (χ4n) is 8.62. The number of benzene rings is 6. The third-order valence-electron chi connectivity index (χ3n) is 12.4. The lowest BCUT2D eigenvalue weighted by Crippen LogP contribution is -2.27. The zero-order valence-electron chi connectivity index (χ0n) is 40.6. The van der Waals surface area contributed by atoms with E-state index in [1.165, 1.54) is 81.4 Å². The average Bonchev–Trinajstić information content (AvgIpc) is 3.81. The molecular formula is C58H47F12N3O3. The molecular weight excluding hydrogens is 1010 g/mol. The first-order valence-electron chi connectivity index (χ1n) is 23.8. The fourth-order valence-corrected chi connectivity index (χ4v) is 8.62. The Morgan fingerprint density at radius 2 is 0.974 bits per heavy atom. The van der Waals surface area contributed by atoms with Crippen molar-refractivity contribution < 1.29 is 67.1 Å². The molecule has 0 aliphatic carbocycles. The minimum Gasteiger partial charge on any atom is -0.347 e. The van der Waals surface area contributed by atoms with Crippen molar-refractivity contribution in [3.05, 3.63) is 192 Å². The van der Waals surface area contributed by atoms with Crippen molar-refractivity contribution in [2.45, 2.75) is 64.2 Å². The molecule has 0 bridgehead atoms. The van der Waals surface area contributed by atoms with Gasteiger partial charge in [-0.15, -0.1) is 0 Å². The van der Waals surface area contributed by atoms with Crippen molar-refractivity contribution in [3.8, 4) is 22.3 Å². The highest BCUT2D eigenvalue weighted by molar-refractivity contribution is 6.25. The number of alkyl halides is 12. The summed E-state index contributed by atoms with van der Waals surface area (Å²) in [5.41, 5.74) is -0.489. The first kappa shape index (κ1) is 55.9. The lowest BCUT2D eigenvalue weighted by atomic mass is 9.96. The molecule has 76 heavy (non-hydrogen) atoms. The normalized spacial score (nSPS) is 13.7. The van der Waals surface area contributed by atoms with Crippen LogP contribution in [0.4, 0.5) is 69.7 Å². The highest BCUT2D eigenvalue weighted by atomic mass is 19.4. The summed E-state index contributed by atoms with van der Waals surface area (Å²) in [6.45, 7) is 3.95. The first-order chi connectivity index (χ1) is 35.9. The number of nitrogens with zero attached hydrogens (tertiary/aromatic N) is 3. The molecule has 6 nitrogen and oxygen atoms in total. The monoisotopic (exact) mass is 1060 g/mol. The van der Waals surface area contributed by atoms with E-state index in [2.05, 4.69) is 0 Å². The van der Waals surface area contributed by atoms with Gasteiger partial charge in [0.2, 0.25) is 0 Å². The Hall–Kier alpha value is -7.89. The zero-order chi connectivity index (χ0) is 55.2. The summed E-state index contributed by atoms with van der Waals surface area (Å²) >= 11 is 0. The van der Waals surface area contributed by atoms with Crippen LogP contribution in [0, 0.1) is 0 Å². The number of hydrogen-bond acceptors (Lipinski definition) is 6. The second kappa shape index (κ2) is 22.9. The van der Waals surface area contributed by atoms with Crippen molar-refractivity contribution >= 4 is 51.1 Å². The van der Waals surface area contributed by atoms with Gasteiger partial charge in [-0.25, -0.2) is 0 Å². The molecule has 0 saturated heterocycles. The maximum absolute atomic E-state index is 14.5. The van der Waals surface area contributed by atoms with E-state index in [0.29, 0.717) is 52.9 Å². The molecule has 0 unspecified atom stereocenters. The van der Waals surface area contributed by atoms with Gasteiger partial charge < -0.3 is 14.7 Å². The number of Topliss-reactive ketones (excluding diaryl/α,β-unsaturated/α-hetero) is 3. The van der Waals surface area contributed by atoms with Crippen LogP contribution in [-0.4, -0.2) is 55.5 Å². The molecule has 0 spiro atoms. The molecule has 0 fully saturated rings. The quantitative estimate of drug-likeness (QED) is 0.0631. The molecule has 1 heterocycles. The van der Waals surface area contributed by atoms with Gasteiger partial charge in [0.1, 0.15) is 0 Å². The second-order valence-corrected chi connectivity index (χ2v) is 17.8.